The molecule has 126 valence electrons. The van der Waals surface area contributed by atoms with Crippen molar-refractivity contribution in [2.24, 2.45) is 0 Å². The van der Waals surface area contributed by atoms with Gasteiger partial charge in [0.2, 0.25) is 0 Å². The molecule has 2 aromatic rings. The zero-order chi connectivity index (χ0) is 17.5. The number of hydrogen-bond acceptors (Lipinski definition) is 5. The van der Waals surface area contributed by atoms with Gasteiger partial charge in [0.25, 0.3) is 0 Å². The summed E-state index contributed by atoms with van der Waals surface area (Å²) < 4.78 is 34.7. The van der Waals surface area contributed by atoms with Crippen molar-refractivity contribution in [2.75, 3.05) is 7.11 Å². The number of carboxylic acid groups (broad SMARTS) is 1. The average molecular weight is 353 g/mol. The Hall–Kier alpha value is -2.74. The zero-order valence-corrected chi connectivity index (χ0v) is 13.3. The summed E-state index contributed by atoms with van der Waals surface area (Å²) in [4.78, 5) is 15.2. The maximum Gasteiger partial charge on any atom is 0.387 e. The molecule has 0 fully saturated rings. The van der Waals surface area contributed by atoms with Gasteiger partial charge < -0.3 is 14.6 Å². The van der Waals surface area contributed by atoms with Crippen molar-refractivity contribution in [3.8, 4) is 11.5 Å². The fourth-order valence-electron chi connectivity index (χ4n) is 1.81. The number of halogens is 2. The van der Waals surface area contributed by atoms with E-state index < -0.39 is 12.6 Å². The highest BCUT2D eigenvalue weighted by molar-refractivity contribution is 7.13. The summed E-state index contributed by atoms with van der Waals surface area (Å²) in [5.74, 6) is -0.916. The van der Waals surface area contributed by atoms with Crippen LogP contribution in [0.3, 0.4) is 0 Å². The SMILES string of the molecule is COc1cccc(/C=C\c2ncc(/C=C/C(=O)O)s2)c1OC(F)F. The first kappa shape index (κ1) is 17.6. The minimum absolute atomic E-state index is 0.0613. The molecule has 0 aliphatic rings. The van der Waals surface area contributed by atoms with Crippen LogP contribution in [0, 0.1) is 0 Å². The van der Waals surface area contributed by atoms with Gasteiger partial charge in [0.05, 0.1) is 7.11 Å². The first-order valence-corrected chi connectivity index (χ1v) is 7.48. The Balaban J connectivity index is 2.24. The minimum Gasteiger partial charge on any atom is -0.493 e. The summed E-state index contributed by atoms with van der Waals surface area (Å²) in [7, 11) is 1.36. The van der Waals surface area contributed by atoms with Crippen molar-refractivity contribution in [3.63, 3.8) is 0 Å². The molecule has 0 atom stereocenters. The second kappa shape index (κ2) is 8.21. The number of alkyl halides is 2. The lowest BCUT2D eigenvalue weighted by Crippen LogP contribution is -2.04. The summed E-state index contributed by atoms with van der Waals surface area (Å²) in [6.45, 7) is -2.97. The highest BCUT2D eigenvalue weighted by Crippen LogP contribution is 2.33. The topological polar surface area (TPSA) is 68.7 Å². The molecule has 0 unspecified atom stereocenters. The normalized spacial score (nSPS) is 11.5. The van der Waals surface area contributed by atoms with Crippen LogP contribution < -0.4 is 9.47 Å². The number of nitrogens with zero attached hydrogens (tertiary/aromatic N) is 1. The highest BCUT2D eigenvalue weighted by Gasteiger charge is 2.13. The van der Waals surface area contributed by atoms with Crippen LogP contribution >= 0.6 is 11.3 Å². The molecule has 0 aliphatic heterocycles. The lowest BCUT2D eigenvalue weighted by atomic mass is 10.1. The van der Waals surface area contributed by atoms with Crippen molar-refractivity contribution >= 4 is 35.5 Å². The molecule has 1 aromatic heterocycles. The van der Waals surface area contributed by atoms with Crippen molar-refractivity contribution in [1.82, 2.24) is 4.98 Å². The van der Waals surface area contributed by atoms with Crippen LogP contribution in [0.1, 0.15) is 15.4 Å². The fraction of sp³-hybridized carbons (Fsp3) is 0.125. The average Bonchev–Trinajstić information content (AvgIpc) is 2.99. The Bertz CT molecular complexity index is 771. The van der Waals surface area contributed by atoms with Gasteiger partial charge in [-0.3, -0.25) is 0 Å². The number of ether oxygens (including phenoxy) is 2. The van der Waals surface area contributed by atoms with Crippen molar-refractivity contribution in [3.05, 3.63) is 45.9 Å². The van der Waals surface area contributed by atoms with E-state index in [9.17, 15) is 13.6 Å². The Morgan fingerprint density at radius 3 is 2.79 bits per heavy atom. The van der Waals surface area contributed by atoms with Gasteiger partial charge in [-0.25, -0.2) is 9.78 Å². The fourth-order valence-corrected chi connectivity index (χ4v) is 2.53. The number of carboxylic acids is 1. The molecule has 8 heteroatoms. The highest BCUT2D eigenvalue weighted by atomic mass is 32.1. The first-order chi connectivity index (χ1) is 11.5. The van der Waals surface area contributed by atoms with E-state index in [4.69, 9.17) is 9.84 Å². The van der Waals surface area contributed by atoms with Crippen LogP contribution in [0.2, 0.25) is 0 Å². The third-order valence-electron chi connectivity index (χ3n) is 2.77. The number of thiazole rings is 1. The number of carbonyl (C=O) groups is 1. The number of benzene rings is 1. The van der Waals surface area contributed by atoms with Gasteiger partial charge in [-0.2, -0.15) is 8.78 Å². The first-order valence-electron chi connectivity index (χ1n) is 6.66. The standard InChI is InChI=1S/C16H13F2NO4S/c1-22-12-4-2-3-10(15(12)23-16(17)18)5-7-13-19-9-11(24-13)6-8-14(20)21/h2-9,16H,1H3,(H,20,21)/b7-5-,8-6+. The predicted octanol–water partition coefficient (Wildman–Crippen LogP) is 4.02. The Morgan fingerprint density at radius 2 is 2.12 bits per heavy atom. The number of hydrogen-bond donors (Lipinski definition) is 1. The number of methoxy groups -OCH3 is 1. The second-order valence-corrected chi connectivity index (χ2v) is 5.46. The summed E-state index contributed by atoms with van der Waals surface area (Å²) in [5.41, 5.74) is 0.410. The summed E-state index contributed by atoms with van der Waals surface area (Å²) in [6, 6.07) is 4.78. The van der Waals surface area contributed by atoms with E-state index in [0.717, 1.165) is 6.08 Å². The number of aliphatic carboxylic acids is 1. The third kappa shape index (κ3) is 4.88. The molecule has 2 rings (SSSR count). The monoisotopic (exact) mass is 353 g/mol. The summed E-state index contributed by atoms with van der Waals surface area (Å²) >= 11 is 1.26. The largest absolute Gasteiger partial charge is 0.493 e. The van der Waals surface area contributed by atoms with Gasteiger partial charge in [-0.15, -0.1) is 11.3 Å². The van der Waals surface area contributed by atoms with Gasteiger partial charge in [0, 0.05) is 22.7 Å². The van der Waals surface area contributed by atoms with E-state index in [0.29, 0.717) is 15.4 Å². The molecule has 1 aromatic carbocycles. The van der Waals surface area contributed by atoms with Gasteiger partial charge in [0.15, 0.2) is 11.5 Å². The molecule has 1 N–H and O–H groups in total. The molecule has 0 saturated carbocycles. The molecule has 24 heavy (non-hydrogen) atoms. The third-order valence-corrected chi connectivity index (χ3v) is 3.70. The lowest BCUT2D eigenvalue weighted by Gasteiger charge is -2.12. The smallest absolute Gasteiger partial charge is 0.387 e. The van der Waals surface area contributed by atoms with Crippen LogP contribution in [-0.4, -0.2) is 29.8 Å². The lowest BCUT2D eigenvalue weighted by molar-refractivity contribution is -0.131. The molecule has 0 radical (unpaired) electrons. The van der Waals surface area contributed by atoms with Crippen molar-refractivity contribution in [1.29, 1.82) is 0 Å². The minimum atomic E-state index is -2.97. The maximum absolute atomic E-state index is 12.6. The van der Waals surface area contributed by atoms with Crippen LogP contribution in [-0.2, 0) is 4.79 Å². The summed E-state index contributed by atoms with van der Waals surface area (Å²) in [6.07, 6.45) is 7.15. The van der Waals surface area contributed by atoms with Gasteiger partial charge in [-0.05, 0) is 24.3 Å². The van der Waals surface area contributed by atoms with E-state index in [1.54, 1.807) is 24.3 Å². The zero-order valence-electron chi connectivity index (χ0n) is 12.5. The van der Waals surface area contributed by atoms with Crippen LogP contribution in [0.25, 0.3) is 18.2 Å². The van der Waals surface area contributed by atoms with Crippen molar-refractivity contribution < 1.29 is 28.2 Å². The number of aromatic nitrogens is 1. The van der Waals surface area contributed by atoms with E-state index in [-0.39, 0.29) is 11.5 Å². The van der Waals surface area contributed by atoms with Crippen LogP contribution in [0.4, 0.5) is 8.78 Å². The number of rotatable bonds is 7. The quantitative estimate of drug-likeness (QED) is 0.762. The second-order valence-electron chi connectivity index (χ2n) is 4.36. The molecule has 0 amide bonds. The molecule has 5 nitrogen and oxygen atoms in total. The molecular formula is C16H13F2NO4S. The molecule has 0 bridgehead atoms. The Kier molecular flexibility index (Phi) is 6.02. The number of para-hydroxylation sites is 1. The maximum atomic E-state index is 12.6. The molecule has 0 saturated heterocycles. The molecule has 0 spiro atoms. The van der Waals surface area contributed by atoms with Gasteiger partial charge in [0.1, 0.15) is 5.01 Å². The molecular weight excluding hydrogens is 340 g/mol. The molecule has 0 aliphatic carbocycles. The van der Waals surface area contributed by atoms with Crippen LogP contribution in [0.15, 0.2) is 30.5 Å². The van der Waals surface area contributed by atoms with Crippen molar-refractivity contribution in [2.45, 2.75) is 6.61 Å². The predicted molar refractivity (Wildman–Crippen MR) is 87.3 cm³/mol. The summed E-state index contributed by atoms with van der Waals surface area (Å²) in [5, 5.41) is 9.17. The van der Waals surface area contributed by atoms with Crippen LogP contribution in [0.5, 0.6) is 11.5 Å². The van der Waals surface area contributed by atoms with E-state index in [1.165, 1.54) is 36.8 Å². The Morgan fingerprint density at radius 1 is 1.33 bits per heavy atom. The van der Waals surface area contributed by atoms with Gasteiger partial charge >= 0.3 is 12.6 Å². The van der Waals surface area contributed by atoms with E-state index >= 15 is 0 Å². The van der Waals surface area contributed by atoms with Gasteiger partial charge in [-0.1, -0.05) is 12.1 Å². The Labute approximate surface area is 140 Å². The van der Waals surface area contributed by atoms with E-state index in [1.807, 2.05) is 0 Å². The molecule has 1 heterocycles. The van der Waals surface area contributed by atoms with E-state index in [2.05, 4.69) is 9.72 Å².